The first-order valence-electron chi connectivity index (χ1n) is 5.73. The van der Waals surface area contributed by atoms with E-state index in [0.29, 0.717) is 5.52 Å². The number of hydrogen-bond donors (Lipinski definition) is 1. The highest BCUT2D eigenvalue weighted by Gasteiger charge is 2.17. The highest BCUT2D eigenvalue weighted by molar-refractivity contribution is 9.10. The van der Waals surface area contributed by atoms with Crippen molar-refractivity contribution in [3.63, 3.8) is 0 Å². The van der Waals surface area contributed by atoms with Crippen LogP contribution in [0, 0.1) is 12.7 Å². The lowest BCUT2D eigenvalue weighted by atomic mass is 10.1. The molecule has 0 aliphatic carbocycles. The van der Waals surface area contributed by atoms with E-state index in [1.165, 1.54) is 12.1 Å². The molecule has 0 fully saturated rings. The van der Waals surface area contributed by atoms with Gasteiger partial charge in [0.1, 0.15) is 11.3 Å². The van der Waals surface area contributed by atoms with Crippen LogP contribution in [-0.2, 0) is 0 Å². The van der Waals surface area contributed by atoms with Gasteiger partial charge in [0.15, 0.2) is 0 Å². The lowest BCUT2D eigenvalue weighted by molar-refractivity contribution is 0.628. The van der Waals surface area contributed by atoms with Crippen LogP contribution in [0.15, 0.2) is 45.9 Å². The molecule has 1 aromatic carbocycles. The summed E-state index contributed by atoms with van der Waals surface area (Å²) in [6.07, 6.45) is 3.40. The predicted molar refractivity (Wildman–Crippen MR) is 75.8 cm³/mol. The van der Waals surface area contributed by atoms with Crippen LogP contribution in [-0.4, -0.2) is 9.38 Å². The number of H-pyrrole nitrogens is 1. The Morgan fingerprint density at radius 1 is 1.26 bits per heavy atom. The molecule has 5 heteroatoms. The van der Waals surface area contributed by atoms with Gasteiger partial charge in [0.05, 0.1) is 0 Å². The molecule has 0 aliphatic heterocycles. The number of benzene rings is 1. The van der Waals surface area contributed by atoms with Gasteiger partial charge in [-0.25, -0.2) is 4.39 Å². The Balaban J connectivity index is 2.44. The maximum atomic E-state index is 13.0. The second kappa shape index (κ2) is 4.35. The van der Waals surface area contributed by atoms with Crippen LogP contribution >= 0.6 is 15.9 Å². The van der Waals surface area contributed by atoms with Gasteiger partial charge in [-0.3, -0.25) is 4.79 Å². The summed E-state index contributed by atoms with van der Waals surface area (Å²) in [5.74, 6) is -0.297. The molecule has 1 N–H and O–H groups in total. The molecule has 0 amide bonds. The first kappa shape index (κ1) is 12.2. The summed E-state index contributed by atoms with van der Waals surface area (Å²) in [5.41, 5.74) is 2.89. The van der Waals surface area contributed by atoms with E-state index in [1.54, 1.807) is 24.5 Å². The van der Waals surface area contributed by atoms with Crippen molar-refractivity contribution in [1.29, 1.82) is 0 Å². The molecule has 0 saturated heterocycles. The van der Waals surface area contributed by atoms with Gasteiger partial charge in [0, 0.05) is 28.1 Å². The molecule has 0 aliphatic rings. The van der Waals surface area contributed by atoms with E-state index in [0.717, 1.165) is 21.3 Å². The first-order valence-corrected chi connectivity index (χ1v) is 6.52. The number of hydrogen-bond acceptors (Lipinski definition) is 1. The molecule has 3 rings (SSSR count). The fraction of sp³-hybridized carbons (Fsp3) is 0.0714. The topological polar surface area (TPSA) is 37.3 Å². The standard InChI is InChI=1S/C14H10BrFN2O/c1-8-12(15)11(9-2-4-10(16)5-3-9)13-14(19)17-6-7-18(8)13/h2-7H,1H3,(H,17,19). The maximum absolute atomic E-state index is 13.0. The van der Waals surface area contributed by atoms with E-state index in [2.05, 4.69) is 20.9 Å². The predicted octanol–water partition coefficient (Wildman–Crippen LogP) is 3.50. The number of halogens is 2. The molecule has 0 radical (unpaired) electrons. The monoisotopic (exact) mass is 320 g/mol. The molecule has 3 nitrogen and oxygen atoms in total. The summed E-state index contributed by atoms with van der Waals surface area (Å²) in [5, 5.41) is 0. The largest absolute Gasteiger partial charge is 0.326 e. The van der Waals surface area contributed by atoms with Crippen molar-refractivity contribution in [3.8, 4) is 11.1 Å². The average molecular weight is 321 g/mol. The van der Waals surface area contributed by atoms with Crippen LogP contribution in [0.25, 0.3) is 16.6 Å². The van der Waals surface area contributed by atoms with Gasteiger partial charge in [-0.2, -0.15) is 0 Å². The Hall–Kier alpha value is -1.88. The zero-order valence-electron chi connectivity index (χ0n) is 10.1. The molecule has 0 atom stereocenters. The molecule has 0 saturated carbocycles. The number of nitrogens with one attached hydrogen (secondary N) is 1. The van der Waals surface area contributed by atoms with Crippen molar-refractivity contribution >= 4 is 21.4 Å². The van der Waals surface area contributed by atoms with Crippen LogP contribution in [0.1, 0.15) is 5.69 Å². The van der Waals surface area contributed by atoms with Gasteiger partial charge < -0.3 is 9.38 Å². The van der Waals surface area contributed by atoms with E-state index >= 15 is 0 Å². The van der Waals surface area contributed by atoms with E-state index in [1.807, 2.05) is 11.3 Å². The van der Waals surface area contributed by atoms with Crippen molar-refractivity contribution < 1.29 is 4.39 Å². The molecule has 0 unspecified atom stereocenters. The molecule has 2 heterocycles. The van der Waals surface area contributed by atoms with Crippen LogP contribution in [0.4, 0.5) is 4.39 Å². The van der Waals surface area contributed by atoms with Crippen molar-refractivity contribution in [1.82, 2.24) is 9.38 Å². The minimum Gasteiger partial charge on any atom is -0.326 e. The third kappa shape index (κ3) is 1.81. The smallest absolute Gasteiger partial charge is 0.272 e. The number of fused-ring (bicyclic) bond motifs is 1. The van der Waals surface area contributed by atoms with Crippen LogP contribution in [0.5, 0.6) is 0 Å². The fourth-order valence-corrected chi connectivity index (χ4v) is 2.83. The quantitative estimate of drug-likeness (QED) is 0.732. The third-order valence-corrected chi connectivity index (χ3v) is 4.13. The van der Waals surface area contributed by atoms with Gasteiger partial charge in [0.2, 0.25) is 0 Å². The Morgan fingerprint density at radius 3 is 2.63 bits per heavy atom. The fourth-order valence-electron chi connectivity index (χ4n) is 2.22. The lowest BCUT2D eigenvalue weighted by Crippen LogP contribution is -2.08. The van der Waals surface area contributed by atoms with Gasteiger partial charge in [0.25, 0.3) is 5.56 Å². The second-order valence-corrected chi connectivity index (χ2v) is 5.08. The summed E-state index contributed by atoms with van der Waals surface area (Å²) in [6.45, 7) is 1.92. The Labute approximate surface area is 116 Å². The highest BCUT2D eigenvalue weighted by atomic mass is 79.9. The molecule has 0 bridgehead atoms. The minimum absolute atomic E-state index is 0.171. The molecule has 2 aromatic heterocycles. The zero-order chi connectivity index (χ0) is 13.6. The summed E-state index contributed by atoms with van der Waals surface area (Å²) in [7, 11) is 0. The van der Waals surface area contributed by atoms with E-state index in [9.17, 15) is 9.18 Å². The van der Waals surface area contributed by atoms with Crippen LogP contribution in [0.3, 0.4) is 0 Å². The average Bonchev–Trinajstić information content (AvgIpc) is 2.66. The van der Waals surface area contributed by atoms with E-state index in [-0.39, 0.29) is 11.4 Å². The van der Waals surface area contributed by atoms with Gasteiger partial charge in [-0.15, -0.1) is 0 Å². The minimum atomic E-state index is -0.297. The lowest BCUT2D eigenvalue weighted by Gasteiger charge is -2.01. The van der Waals surface area contributed by atoms with Crippen molar-refractivity contribution in [2.45, 2.75) is 6.92 Å². The Morgan fingerprint density at radius 2 is 1.95 bits per heavy atom. The SMILES string of the molecule is Cc1c(Br)c(-c2ccc(F)cc2)c2c(=O)[nH]ccn12. The summed E-state index contributed by atoms with van der Waals surface area (Å²) >= 11 is 3.52. The van der Waals surface area contributed by atoms with E-state index in [4.69, 9.17) is 0 Å². The number of nitrogens with zero attached hydrogens (tertiary/aromatic N) is 1. The molecule has 19 heavy (non-hydrogen) atoms. The number of aryl methyl sites for hydroxylation is 1. The van der Waals surface area contributed by atoms with Crippen molar-refractivity contribution in [2.75, 3.05) is 0 Å². The molecule has 3 aromatic rings. The van der Waals surface area contributed by atoms with Crippen LogP contribution < -0.4 is 5.56 Å². The molecule has 96 valence electrons. The van der Waals surface area contributed by atoms with Crippen molar-refractivity contribution in [3.05, 3.63) is 63.0 Å². The number of aromatic nitrogens is 2. The molecule has 0 spiro atoms. The van der Waals surface area contributed by atoms with Gasteiger partial charge in [-0.05, 0) is 40.5 Å². The normalized spacial score (nSPS) is 11.1. The van der Waals surface area contributed by atoms with Gasteiger partial charge in [-0.1, -0.05) is 12.1 Å². The van der Waals surface area contributed by atoms with Gasteiger partial charge >= 0.3 is 0 Å². The third-order valence-electron chi connectivity index (χ3n) is 3.16. The van der Waals surface area contributed by atoms with Crippen LogP contribution in [0.2, 0.25) is 0 Å². The van der Waals surface area contributed by atoms with Crippen molar-refractivity contribution in [2.24, 2.45) is 0 Å². The Kier molecular flexibility index (Phi) is 2.78. The summed E-state index contributed by atoms with van der Waals surface area (Å²) < 4.78 is 15.7. The first-order chi connectivity index (χ1) is 9.09. The molecular weight excluding hydrogens is 311 g/mol. The zero-order valence-corrected chi connectivity index (χ0v) is 11.7. The number of rotatable bonds is 1. The number of aromatic amines is 1. The Bertz CT molecular complexity index is 818. The maximum Gasteiger partial charge on any atom is 0.272 e. The summed E-state index contributed by atoms with van der Waals surface area (Å²) in [4.78, 5) is 14.7. The second-order valence-electron chi connectivity index (χ2n) is 4.29. The van der Waals surface area contributed by atoms with E-state index < -0.39 is 0 Å². The molecular formula is C14H10BrFN2O. The highest BCUT2D eigenvalue weighted by Crippen LogP contribution is 2.35. The summed E-state index contributed by atoms with van der Waals surface area (Å²) in [6, 6.07) is 6.11.